The molecule has 4 aromatic carbocycles. The number of methoxy groups -OCH3 is 1. The van der Waals surface area contributed by atoms with E-state index in [1.807, 2.05) is 60.7 Å². The van der Waals surface area contributed by atoms with Gasteiger partial charge in [-0.15, -0.1) is 0 Å². The molecule has 1 aliphatic rings. The summed E-state index contributed by atoms with van der Waals surface area (Å²) < 4.78 is 18.2. The number of ether oxygens (including phenoxy) is 3. The van der Waals surface area contributed by atoms with Crippen molar-refractivity contribution in [3.05, 3.63) is 118 Å². The summed E-state index contributed by atoms with van der Waals surface area (Å²) in [5.41, 5.74) is 1.83. The van der Waals surface area contributed by atoms with E-state index in [2.05, 4.69) is 21.2 Å². The lowest BCUT2D eigenvalue weighted by Crippen LogP contribution is -2.54. The number of carbonyl (C=O) groups is 2. The number of benzene rings is 4. The number of hydrogen-bond acceptors (Lipinski definition) is 6. The fourth-order valence-corrected chi connectivity index (χ4v) is 4.58. The van der Waals surface area contributed by atoms with Crippen LogP contribution in [0.15, 0.2) is 107 Å². The maximum atomic E-state index is 13.5. The average molecular weight is 616 g/mol. The number of thiocarbonyl (C=S) groups is 1. The third-order valence-corrected chi connectivity index (χ3v) is 6.81. The first-order valence-electron chi connectivity index (χ1n) is 12.2. The van der Waals surface area contributed by atoms with E-state index in [0.29, 0.717) is 34.2 Å². The van der Waals surface area contributed by atoms with Gasteiger partial charge in [-0.2, -0.15) is 0 Å². The van der Waals surface area contributed by atoms with Gasteiger partial charge in [-0.05, 0) is 96.7 Å². The molecule has 9 heteroatoms. The summed E-state index contributed by atoms with van der Waals surface area (Å²) in [5.74, 6) is 1.51. The Morgan fingerprint density at radius 1 is 0.875 bits per heavy atom. The molecule has 1 heterocycles. The summed E-state index contributed by atoms with van der Waals surface area (Å²) in [4.78, 5) is 27.6. The van der Waals surface area contributed by atoms with Gasteiger partial charge in [0.2, 0.25) is 0 Å². The molecular formula is C31H23BrN2O5S. The van der Waals surface area contributed by atoms with Crippen LogP contribution in [0.2, 0.25) is 0 Å². The molecule has 200 valence electrons. The van der Waals surface area contributed by atoms with E-state index in [0.717, 1.165) is 10.0 Å². The summed E-state index contributed by atoms with van der Waals surface area (Å²) in [6.07, 6.45) is 1.53. The van der Waals surface area contributed by atoms with Crippen molar-refractivity contribution in [3.63, 3.8) is 0 Å². The summed E-state index contributed by atoms with van der Waals surface area (Å²) in [5, 5.41) is 2.62. The lowest BCUT2D eigenvalue weighted by molar-refractivity contribution is -0.122. The van der Waals surface area contributed by atoms with Crippen molar-refractivity contribution in [1.82, 2.24) is 5.32 Å². The lowest BCUT2D eigenvalue weighted by atomic mass is 10.0. The standard InChI is InChI=1S/C31H23BrN2O5S/c1-37-28-16-7-20(17-21(28)19-38-24-12-8-22(32)9-13-24)18-27-29(35)33-31(40)34(30(27)36)23-10-14-26(15-11-23)39-25-5-3-2-4-6-25/h2-18H,19H2,1H3,(H,33,35,40)/b27-18+. The first kappa shape index (κ1) is 27.1. The SMILES string of the molecule is COc1ccc(/C=C2\C(=O)NC(=S)N(c3ccc(Oc4ccccc4)cc3)C2=O)cc1COc1ccc(Br)cc1. The van der Waals surface area contributed by atoms with E-state index in [-0.39, 0.29) is 17.3 Å². The molecule has 4 aromatic rings. The van der Waals surface area contributed by atoms with Gasteiger partial charge >= 0.3 is 0 Å². The van der Waals surface area contributed by atoms with Crippen LogP contribution < -0.4 is 24.4 Å². The molecule has 1 aliphatic heterocycles. The van der Waals surface area contributed by atoms with Gasteiger partial charge in [0.1, 0.15) is 35.2 Å². The van der Waals surface area contributed by atoms with Crippen molar-refractivity contribution in [2.75, 3.05) is 12.0 Å². The second-order valence-electron chi connectivity index (χ2n) is 8.68. The fraction of sp³-hybridized carbons (Fsp3) is 0.0645. The van der Waals surface area contributed by atoms with Gasteiger partial charge < -0.3 is 14.2 Å². The number of rotatable bonds is 8. The Bertz CT molecular complexity index is 1590. The normalized spacial score (nSPS) is 14.2. The maximum Gasteiger partial charge on any atom is 0.270 e. The smallest absolute Gasteiger partial charge is 0.270 e. The van der Waals surface area contributed by atoms with Crippen LogP contribution in [0.1, 0.15) is 11.1 Å². The molecule has 0 aliphatic carbocycles. The largest absolute Gasteiger partial charge is 0.496 e. The van der Waals surface area contributed by atoms with Gasteiger partial charge in [0.05, 0.1) is 12.8 Å². The molecule has 1 N–H and O–H groups in total. The van der Waals surface area contributed by atoms with Gasteiger partial charge in [0.15, 0.2) is 5.11 Å². The van der Waals surface area contributed by atoms with E-state index in [9.17, 15) is 9.59 Å². The van der Waals surface area contributed by atoms with Crippen LogP contribution in [0.5, 0.6) is 23.0 Å². The number of carbonyl (C=O) groups excluding carboxylic acids is 2. The Hall–Kier alpha value is -4.47. The van der Waals surface area contributed by atoms with E-state index in [1.54, 1.807) is 43.5 Å². The van der Waals surface area contributed by atoms with E-state index >= 15 is 0 Å². The molecule has 7 nitrogen and oxygen atoms in total. The second-order valence-corrected chi connectivity index (χ2v) is 9.98. The molecule has 40 heavy (non-hydrogen) atoms. The second kappa shape index (κ2) is 12.1. The average Bonchev–Trinajstić information content (AvgIpc) is 2.96. The quantitative estimate of drug-likeness (QED) is 0.136. The number of nitrogens with one attached hydrogen (secondary N) is 1. The number of hydrogen-bond donors (Lipinski definition) is 1. The van der Waals surface area contributed by atoms with Crippen molar-refractivity contribution >= 4 is 56.8 Å². The van der Waals surface area contributed by atoms with Crippen LogP contribution >= 0.6 is 28.1 Å². The van der Waals surface area contributed by atoms with E-state index in [4.69, 9.17) is 26.4 Å². The summed E-state index contributed by atoms with van der Waals surface area (Å²) in [6, 6.07) is 29.1. The Labute approximate surface area is 245 Å². The van der Waals surface area contributed by atoms with Crippen LogP contribution in [0.25, 0.3) is 6.08 Å². The third kappa shape index (κ3) is 6.22. The highest BCUT2D eigenvalue weighted by molar-refractivity contribution is 9.10. The Balaban J connectivity index is 1.37. The Kier molecular flexibility index (Phi) is 8.23. The molecular weight excluding hydrogens is 592 g/mol. The number of amides is 2. The molecule has 2 amide bonds. The van der Waals surface area contributed by atoms with Gasteiger partial charge in [-0.25, -0.2) is 0 Å². The topological polar surface area (TPSA) is 77.1 Å². The number of halogens is 1. The summed E-state index contributed by atoms with van der Waals surface area (Å²) >= 11 is 8.75. The molecule has 0 aromatic heterocycles. The van der Waals surface area contributed by atoms with Crippen molar-refractivity contribution in [1.29, 1.82) is 0 Å². The summed E-state index contributed by atoms with van der Waals surface area (Å²) in [7, 11) is 1.57. The van der Waals surface area contributed by atoms with Crippen molar-refractivity contribution < 1.29 is 23.8 Å². The molecule has 1 fully saturated rings. The molecule has 0 bridgehead atoms. The van der Waals surface area contributed by atoms with Gasteiger partial charge in [-0.3, -0.25) is 19.8 Å². The number of para-hydroxylation sites is 1. The predicted molar refractivity (Wildman–Crippen MR) is 161 cm³/mol. The highest BCUT2D eigenvalue weighted by Crippen LogP contribution is 2.28. The fourth-order valence-electron chi connectivity index (χ4n) is 4.04. The van der Waals surface area contributed by atoms with E-state index in [1.165, 1.54) is 11.0 Å². The minimum absolute atomic E-state index is 0.00203. The highest BCUT2D eigenvalue weighted by atomic mass is 79.9. The monoisotopic (exact) mass is 614 g/mol. The first-order chi connectivity index (χ1) is 19.4. The third-order valence-electron chi connectivity index (χ3n) is 6.00. The zero-order valence-electron chi connectivity index (χ0n) is 21.3. The van der Waals surface area contributed by atoms with Crippen LogP contribution in [0.4, 0.5) is 5.69 Å². The molecule has 0 atom stereocenters. The van der Waals surface area contributed by atoms with Crippen LogP contribution in [0, 0.1) is 0 Å². The molecule has 0 radical (unpaired) electrons. The number of anilines is 1. The molecule has 5 rings (SSSR count). The molecule has 0 saturated carbocycles. The first-order valence-corrected chi connectivity index (χ1v) is 13.4. The molecule has 0 unspecified atom stereocenters. The van der Waals surface area contributed by atoms with Crippen molar-refractivity contribution in [3.8, 4) is 23.0 Å². The highest BCUT2D eigenvalue weighted by Gasteiger charge is 2.34. The minimum Gasteiger partial charge on any atom is -0.496 e. The summed E-state index contributed by atoms with van der Waals surface area (Å²) in [6.45, 7) is 0.232. The van der Waals surface area contributed by atoms with Crippen LogP contribution in [0.3, 0.4) is 0 Å². The van der Waals surface area contributed by atoms with Gasteiger partial charge in [-0.1, -0.05) is 40.2 Å². The minimum atomic E-state index is -0.571. The van der Waals surface area contributed by atoms with Crippen LogP contribution in [-0.2, 0) is 16.2 Å². The van der Waals surface area contributed by atoms with Crippen molar-refractivity contribution in [2.24, 2.45) is 0 Å². The van der Waals surface area contributed by atoms with Gasteiger partial charge in [0, 0.05) is 10.0 Å². The molecule has 0 spiro atoms. The van der Waals surface area contributed by atoms with Gasteiger partial charge in [0.25, 0.3) is 11.8 Å². The Morgan fingerprint density at radius 3 is 2.25 bits per heavy atom. The van der Waals surface area contributed by atoms with Crippen molar-refractivity contribution in [2.45, 2.75) is 6.61 Å². The van der Waals surface area contributed by atoms with Crippen LogP contribution in [-0.4, -0.2) is 24.0 Å². The lowest BCUT2D eigenvalue weighted by Gasteiger charge is -2.29. The van der Waals surface area contributed by atoms with E-state index < -0.39 is 11.8 Å². The zero-order valence-corrected chi connectivity index (χ0v) is 23.7. The predicted octanol–water partition coefficient (Wildman–Crippen LogP) is 6.66. The molecule has 1 saturated heterocycles. The Morgan fingerprint density at radius 2 is 1.55 bits per heavy atom. The number of nitrogens with zero attached hydrogens (tertiary/aromatic N) is 1. The zero-order chi connectivity index (χ0) is 28.1. The maximum absolute atomic E-state index is 13.5.